The number of rotatable bonds is 2. The number of nitriles is 1. The lowest BCUT2D eigenvalue weighted by Crippen LogP contribution is -2.00. The summed E-state index contributed by atoms with van der Waals surface area (Å²) in [6, 6.07) is 4.17. The molecule has 0 amide bonds. The van der Waals surface area contributed by atoms with Crippen molar-refractivity contribution >= 4 is 0 Å². The number of nitrogens with zero attached hydrogens (tertiary/aromatic N) is 2. The molecule has 2 rings (SSSR count). The molecule has 0 N–H and O–H groups in total. The SMILES string of the molecule is COCc1cc(C#N)c2n1CCC2. The van der Waals surface area contributed by atoms with Crippen molar-refractivity contribution in [1.29, 1.82) is 5.26 Å². The molecule has 0 saturated carbocycles. The van der Waals surface area contributed by atoms with Gasteiger partial charge in [0.15, 0.2) is 0 Å². The Bertz CT molecular complexity index is 360. The van der Waals surface area contributed by atoms with Crippen LogP contribution in [0.5, 0.6) is 0 Å². The standard InChI is InChI=1S/C10H12N2O/c1-13-7-9-5-8(6-11)10-3-2-4-12(9)10/h5H,2-4,7H2,1H3. The Labute approximate surface area is 77.5 Å². The molecule has 68 valence electrons. The molecular weight excluding hydrogens is 164 g/mol. The number of ether oxygens (including phenoxy) is 1. The molecular formula is C10H12N2O. The van der Waals surface area contributed by atoms with Crippen LogP contribution in [0.2, 0.25) is 0 Å². The zero-order valence-electron chi connectivity index (χ0n) is 7.71. The number of aromatic nitrogens is 1. The Morgan fingerprint density at radius 3 is 3.23 bits per heavy atom. The smallest absolute Gasteiger partial charge is 0.101 e. The summed E-state index contributed by atoms with van der Waals surface area (Å²) >= 11 is 0. The Morgan fingerprint density at radius 2 is 2.54 bits per heavy atom. The van der Waals surface area contributed by atoms with Gasteiger partial charge in [-0.25, -0.2) is 0 Å². The third-order valence-corrected chi connectivity index (χ3v) is 2.50. The van der Waals surface area contributed by atoms with Gasteiger partial charge in [0.2, 0.25) is 0 Å². The molecule has 0 spiro atoms. The van der Waals surface area contributed by atoms with Crippen molar-refractivity contribution in [1.82, 2.24) is 4.57 Å². The van der Waals surface area contributed by atoms with Crippen LogP contribution in [0, 0.1) is 11.3 Å². The van der Waals surface area contributed by atoms with Crippen LogP contribution in [0.25, 0.3) is 0 Å². The molecule has 13 heavy (non-hydrogen) atoms. The summed E-state index contributed by atoms with van der Waals surface area (Å²) in [6.07, 6.45) is 2.19. The van der Waals surface area contributed by atoms with E-state index < -0.39 is 0 Å². The first-order chi connectivity index (χ1) is 6.36. The van der Waals surface area contributed by atoms with E-state index in [1.54, 1.807) is 7.11 Å². The van der Waals surface area contributed by atoms with Gasteiger partial charge in [0, 0.05) is 25.0 Å². The van der Waals surface area contributed by atoms with Crippen LogP contribution in [-0.4, -0.2) is 11.7 Å². The summed E-state index contributed by atoms with van der Waals surface area (Å²) in [5.74, 6) is 0. The second-order valence-electron chi connectivity index (χ2n) is 3.30. The van der Waals surface area contributed by atoms with Crippen molar-refractivity contribution < 1.29 is 4.74 Å². The average molecular weight is 176 g/mol. The van der Waals surface area contributed by atoms with Crippen molar-refractivity contribution in [3.05, 3.63) is 23.0 Å². The van der Waals surface area contributed by atoms with Crippen molar-refractivity contribution in [2.45, 2.75) is 26.0 Å². The molecule has 3 heteroatoms. The van der Waals surface area contributed by atoms with E-state index in [2.05, 4.69) is 10.6 Å². The molecule has 0 fully saturated rings. The van der Waals surface area contributed by atoms with E-state index in [-0.39, 0.29) is 0 Å². The van der Waals surface area contributed by atoms with Crippen LogP contribution in [0.4, 0.5) is 0 Å². The molecule has 1 aliphatic heterocycles. The van der Waals surface area contributed by atoms with Gasteiger partial charge >= 0.3 is 0 Å². The molecule has 0 unspecified atom stereocenters. The minimum Gasteiger partial charge on any atom is -0.378 e. The van der Waals surface area contributed by atoms with Gasteiger partial charge < -0.3 is 9.30 Å². The van der Waals surface area contributed by atoms with Gasteiger partial charge in [0.05, 0.1) is 12.2 Å². The van der Waals surface area contributed by atoms with Gasteiger partial charge in [-0.15, -0.1) is 0 Å². The van der Waals surface area contributed by atoms with Gasteiger partial charge in [0.1, 0.15) is 6.07 Å². The summed E-state index contributed by atoms with van der Waals surface area (Å²) in [5.41, 5.74) is 3.14. The summed E-state index contributed by atoms with van der Waals surface area (Å²) < 4.78 is 7.29. The lowest BCUT2D eigenvalue weighted by Gasteiger charge is -2.03. The quantitative estimate of drug-likeness (QED) is 0.684. The van der Waals surface area contributed by atoms with E-state index >= 15 is 0 Å². The predicted molar refractivity (Wildman–Crippen MR) is 48.2 cm³/mol. The molecule has 1 aliphatic rings. The summed E-state index contributed by atoms with van der Waals surface area (Å²) in [6.45, 7) is 1.64. The van der Waals surface area contributed by atoms with Crippen LogP contribution in [0.15, 0.2) is 6.07 Å². The maximum atomic E-state index is 8.88. The van der Waals surface area contributed by atoms with Gasteiger partial charge in [-0.2, -0.15) is 5.26 Å². The van der Waals surface area contributed by atoms with Crippen LogP contribution >= 0.6 is 0 Å². The first-order valence-corrected chi connectivity index (χ1v) is 4.47. The minimum atomic E-state index is 0.606. The van der Waals surface area contributed by atoms with Crippen LogP contribution in [0.3, 0.4) is 0 Å². The molecule has 3 nitrogen and oxygen atoms in total. The number of hydrogen-bond donors (Lipinski definition) is 0. The Morgan fingerprint density at radius 1 is 1.69 bits per heavy atom. The Balaban J connectivity index is 2.43. The molecule has 0 radical (unpaired) electrons. The lowest BCUT2D eigenvalue weighted by atomic mass is 10.2. The fraction of sp³-hybridized carbons (Fsp3) is 0.500. The monoisotopic (exact) mass is 176 g/mol. The molecule has 1 aromatic rings. The average Bonchev–Trinajstić information content (AvgIpc) is 2.68. The predicted octanol–water partition coefficient (Wildman–Crippen LogP) is 1.45. The van der Waals surface area contributed by atoms with Crippen molar-refractivity contribution in [2.24, 2.45) is 0 Å². The van der Waals surface area contributed by atoms with Gasteiger partial charge in [-0.3, -0.25) is 0 Å². The molecule has 0 bridgehead atoms. The zero-order valence-corrected chi connectivity index (χ0v) is 7.71. The molecule has 2 heterocycles. The summed E-state index contributed by atoms with van der Waals surface area (Å²) in [4.78, 5) is 0. The third-order valence-electron chi connectivity index (χ3n) is 2.50. The molecule has 0 atom stereocenters. The van der Waals surface area contributed by atoms with Gasteiger partial charge in [0.25, 0.3) is 0 Å². The lowest BCUT2D eigenvalue weighted by molar-refractivity contribution is 0.178. The van der Waals surface area contributed by atoms with Crippen molar-refractivity contribution in [3.8, 4) is 6.07 Å². The first kappa shape index (κ1) is 8.33. The Hall–Kier alpha value is -1.27. The van der Waals surface area contributed by atoms with Gasteiger partial charge in [-0.05, 0) is 18.9 Å². The number of methoxy groups -OCH3 is 1. The zero-order chi connectivity index (χ0) is 9.26. The van der Waals surface area contributed by atoms with E-state index in [9.17, 15) is 0 Å². The normalized spacial score (nSPS) is 14.2. The number of fused-ring (bicyclic) bond motifs is 1. The molecule has 1 aromatic heterocycles. The highest BCUT2D eigenvalue weighted by Crippen LogP contribution is 2.23. The van der Waals surface area contributed by atoms with E-state index in [0.29, 0.717) is 6.61 Å². The van der Waals surface area contributed by atoms with Crippen LogP contribution < -0.4 is 0 Å². The summed E-state index contributed by atoms with van der Waals surface area (Å²) in [7, 11) is 1.68. The second kappa shape index (κ2) is 3.23. The van der Waals surface area contributed by atoms with Crippen molar-refractivity contribution in [3.63, 3.8) is 0 Å². The van der Waals surface area contributed by atoms with Crippen LogP contribution in [0.1, 0.15) is 23.4 Å². The van der Waals surface area contributed by atoms with E-state index in [1.807, 2.05) is 6.07 Å². The molecule has 0 aromatic carbocycles. The van der Waals surface area contributed by atoms with E-state index in [1.165, 1.54) is 5.69 Å². The highest BCUT2D eigenvalue weighted by Gasteiger charge is 2.18. The fourth-order valence-electron chi connectivity index (χ4n) is 1.96. The third kappa shape index (κ3) is 1.24. The maximum Gasteiger partial charge on any atom is 0.101 e. The maximum absolute atomic E-state index is 8.88. The largest absolute Gasteiger partial charge is 0.378 e. The van der Waals surface area contributed by atoms with Gasteiger partial charge in [-0.1, -0.05) is 0 Å². The Kier molecular flexibility index (Phi) is 2.07. The molecule has 0 aliphatic carbocycles. The van der Waals surface area contributed by atoms with E-state index in [0.717, 1.165) is 30.6 Å². The van der Waals surface area contributed by atoms with Crippen LogP contribution in [-0.2, 0) is 24.3 Å². The fourth-order valence-corrected chi connectivity index (χ4v) is 1.96. The van der Waals surface area contributed by atoms with Crippen molar-refractivity contribution in [2.75, 3.05) is 7.11 Å². The summed E-state index contributed by atoms with van der Waals surface area (Å²) in [5, 5.41) is 8.88. The number of hydrogen-bond acceptors (Lipinski definition) is 2. The van der Waals surface area contributed by atoms with E-state index in [4.69, 9.17) is 10.00 Å². The highest BCUT2D eigenvalue weighted by atomic mass is 16.5. The second-order valence-corrected chi connectivity index (χ2v) is 3.30. The topological polar surface area (TPSA) is 37.9 Å². The highest BCUT2D eigenvalue weighted by molar-refractivity contribution is 5.39. The molecule has 0 saturated heterocycles. The first-order valence-electron chi connectivity index (χ1n) is 4.47. The minimum absolute atomic E-state index is 0.606.